The lowest BCUT2D eigenvalue weighted by Crippen LogP contribution is -2.24. The van der Waals surface area contributed by atoms with Gasteiger partial charge in [-0.25, -0.2) is 0 Å². The number of hydrogen-bond acceptors (Lipinski definition) is 5. The van der Waals surface area contributed by atoms with Crippen LogP contribution in [0.3, 0.4) is 0 Å². The highest BCUT2D eigenvalue weighted by Gasteiger charge is 2.12. The van der Waals surface area contributed by atoms with Crippen molar-refractivity contribution in [3.8, 4) is 17.2 Å². The van der Waals surface area contributed by atoms with Gasteiger partial charge in [0.15, 0.2) is 11.5 Å². The number of rotatable bonds is 6. The smallest absolute Gasteiger partial charge is 0.203 e. The molecule has 90 valence electrons. The highest BCUT2D eigenvalue weighted by Crippen LogP contribution is 2.38. The molecule has 0 amide bonds. The van der Waals surface area contributed by atoms with Crippen molar-refractivity contribution in [3.63, 3.8) is 0 Å². The average Bonchev–Trinajstić information content (AvgIpc) is 2.34. The summed E-state index contributed by atoms with van der Waals surface area (Å²) in [7, 11) is 4.78. The third kappa shape index (κ3) is 2.77. The number of hydrogen-bond donors (Lipinski definition) is 2. The second kappa shape index (κ2) is 6.19. The Bertz CT molecular complexity index is 317. The minimum absolute atomic E-state index is 0.606. The molecule has 0 fully saturated rings. The highest BCUT2D eigenvalue weighted by molar-refractivity contribution is 5.53. The van der Waals surface area contributed by atoms with Crippen LogP contribution in [-0.2, 0) is 6.42 Å². The second-order valence-corrected chi connectivity index (χ2v) is 3.24. The number of hydrazine groups is 1. The Morgan fingerprint density at radius 2 is 1.62 bits per heavy atom. The fraction of sp³-hybridized carbons (Fsp3) is 0.455. The van der Waals surface area contributed by atoms with Crippen LogP contribution in [0.5, 0.6) is 17.2 Å². The Hall–Kier alpha value is -1.46. The first-order chi connectivity index (χ1) is 7.76. The van der Waals surface area contributed by atoms with Gasteiger partial charge in [0.05, 0.1) is 21.3 Å². The van der Waals surface area contributed by atoms with E-state index in [2.05, 4.69) is 5.43 Å². The number of nitrogens with one attached hydrogen (secondary N) is 1. The van der Waals surface area contributed by atoms with Crippen LogP contribution in [0, 0.1) is 0 Å². The largest absolute Gasteiger partial charge is 0.493 e. The van der Waals surface area contributed by atoms with E-state index < -0.39 is 0 Å². The van der Waals surface area contributed by atoms with Gasteiger partial charge in [-0.1, -0.05) is 0 Å². The van der Waals surface area contributed by atoms with Gasteiger partial charge in [-0.15, -0.1) is 0 Å². The molecule has 3 N–H and O–H groups in total. The van der Waals surface area contributed by atoms with Crippen LogP contribution in [0.25, 0.3) is 0 Å². The number of methoxy groups -OCH3 is 3. The van der Waals surface area contributed by atoms with Gasteiger partial charge in [-0.05, 0) is 24.1 Å². The standard InChI is InChI=1S/C11H18N2O3/c1-14-9-6-8(4-5-13-12)7-10(15-2)11(9)16-3/h6-7,13H,4-5,12H2,1-3H3. The Morgan fingerprint density at radius 3 is 2.00 bits per heavy atom. The van der Waals surface area contributed by atoms with Crippen LogP contribution in [0.15, 0.2) is 12.1 Å². The van der Waals surface area contributed by atoms with Crippen molar-refractivity contribution >= 4 is 0 Å². The van der Waals surface area contributed by atoms with Crippen molar-refractivity contribution in [2.45, 2.75) is 6.42 Å². The van der Waals surface area contributed by atoms with E-state index in [0.717, 1.165) is 12.0 Å². The maximum Gasteiger partial charge on any atom is 0.203 e. The van der Waals surface area contributed by atoms with Gasteiger partial charge in [0.2, 0.25) is 5.75 Å². The summed E-state index contributed by atoms with van der Waals surface area (Å²) in [6, 6.07) is 3.83. The fourth-order valence-electron chi connectivity index (χ4n) is 1.50. The summed E-state index contributed by atoms with van der Waals surface area (Å²) < 4.78 is 15.7. The van der Waals surface area contributed by atoms with Crippen LogP contribution in [0.2, 0.25) is 0 Å². The van der Waals surface area contributed by atoms with E-state index in [-0.39, 0.29) is 0 Å². The molecule has 0 unspecified atom stereocenters. The third-order valence-electron chi connectivity index (χ3n) is 2.28. The molecule has 0 spiro atoms. The molecule has 0 aliphatic rings. The third-order valence-corrected chi connectivity index (χ3v) is 2.28. The van der Waals surface area contributed by atoms with Gasteiger partial charge in [0, 0.05) is 6.54 Å². The molecule has 0 heterocycles. The Morgan fingerprint density at radius 1 is 1.06 bits per heavy atom. The maximum atomic E-state index is 5.24. The molecule has 0 atom stereocenters. The van der Waals surface area contributed by atoms with Crippen molar-refractivity contribution < 1.29 is 14.2 Å². The van der Waals surface area contributed by atoms with Crippen molar-refractivity contribution in [1.29, 1.82) is 0 Å². The summed E-state index contributed by atoms with van der Waals surface area (Å²) in [6.07, 6.45) is 0.799. The molecule has 0 bridgehead atoms. The molecule has 1 aromatic carbocycles. The molecule has 16 heavy (non-hydrogen) atoms. The summed E-state index contributed by atoms with van der Waals surface area (Å²) in [4.78, 5) is 0. The van der Waals surface area contributed by atoms with Gasteiger partial charge in [-0.2, -0.15) is 0 Å². The summed E-state index contributed by atoms with van der Waals surface area (Å²) in [5.41, 5.74) is 3.68. The lowest BCUT2D eigenvalue weighted by atomic mass is 10.1. The van der Waals surface area contributed by atoms with E-state index in [4.69, 9.17) is 20.1 Å². The molecule has 5 nitrogen and oxygen atoms in total. The summed E-state index contributed by atoms with van der Waals surface area (Å²) in [5.74, 6) is 7.16. The van der Waals surface area contributed by atoms with Crippen molar-refractivity contribution in [2.24, 2.45) is 5.84 Å². The average molecular weight is 226 g/mol. The molecule has 0 saturated carbocycles. The number of benzene rings is 1. The molecule has 1 rings (SSSR count). The highest BCUT2D eigenvalue weighted by atomic mass is 16.5. The van der Waals surface area contributed by atoms with Crippen LogP contribution in [0.4, 0.5) is 0 Å². The van der Waals surface area contributed by atoms with Gasteiger partial charge in [0.1, 0.15) is 0 Å². The topological polar surface area (TPSA) is 65.7 Å². The van der Waals surface area contributed by atoms with Gasteiger partial charge >= 0.3 is 0 Å². The van der Waals surface area contributed by atoms with Gasteiger partial charge in [0.25, 0.3) is 0 Å². The van der Waals surface area contributed by atoms with E-state index in [0.29, 0.717) is 23.8 Å². The maximum absolute atomic E-state index is 5.24. The SMILES string of the molecule is COc1cc(CCNN)cc(OC)c1OC. The van der Waals surface area contributed by atoms with Crippen molar-refractivity contribution in [2.75, 3.05) is 27.9 Å². The van der Waals surface area contributed by atoms with E-state index in [9.17, 15) is 0 Å². The van der Waals surface area contributed by atoms with E-state index in [1.807, 2.05) is 12.1 Å². The van der Waals surface area contributed by atoms with Gasteiger partial charge < -0.3 is 14.2 Å². The van der Waals surface area contributed by atoms with Crippen molar-refractivity contribution in [1.82, 2.24) is 5.43 Å². The summed E-state index contributed by atoms with van der Waals surface area (Å²) in [6.45, 7) is 0.693. The summed E-state index contributed by atoms with van der Waals surface area (Å²) in [5, 5.41) is 0. The fourth-order valence-corrected chi connectivity index (χ4v) is 1.50. The monoisotopic (exact) mass is 226 g/mol. The van der Waals surface area contributed by atoms with Crippen LogP contribution >= 0.6 is 0 Å². The molecule has 5 heteroatoms. The summed E-state index contributed by atoms with van der Waals surface area (Å²) >= 11 is 0. The normalized spacial score (nSPS) is 10.0. The quantitative estimate of drug-likeness (QED) is 0.552. The van der Waals surface area contributed by atoms with Gasteiger partial charge in [-0.3, -0.25) is 11.3 Å². The predicted octanol–water partition coefficient (Wildman–Crippen LogP) is 0.718. The van der Waals surface area contributed by atoms with Crippen LogP contribution in [-0.4, -0.2) is 27.9 Å². The number of ether oxygens (including phenoxy) is 3. The molecule has 0 saturated heterocycles. The zero-order chi connectivity index (χ0) is 12.0. The minimum atomic E-state index is 0.606. The van der Waals surface area contributed by atoms with Crippen molar-refractivity contribution in [3.05, 3.63) is 17.7 Å². The first-order valence-corrected chi connectivity index (χ1v) is 4.99. The molecule has 0 aliphatic carbocycles. The Balaban J connectivity index is 3.05. The molecular formula is C11H18N2O3. The lowest BCUT2D eigenvalue weighted by molar-refractivity contribution is 0.324. The minimum Gasteiger partial charge on any atom is -0.493 e. The molecule has 1 aromatic rings. The first kappa shape index (κ1) is 12.6. The van der Waals surface area contributed by atoms with E-state index in [1.165, 1.54) is 0 Å². The Labute approximate surface area is 95.5 Å². The van der Waals surface area contributed by atoms with E-state index >= 15 is 0 Å². The predicted molar refractivity (Wildman–Crippen MR) is 62.0 cm³/mol. The second-order valence-electron chi connectivity index (χ2n) is 3.24. The Kier molecular flexibility index (Phi) is 4.88. The molecule has 0 radical (unpaired) electrons. The van der Waals surface area contributed by atoms with Crippen LogP contribution in [0.1, 0.15) is 5.56 Å². The molecular weight excluding hydrogens is 208 g/mol. The lowest BCUT2D eigenvalue weighted by Gasteiger charge is -2.13. The number of nitrogens with two attached hydrogens (primary N) is 1. The zero-order valence-electron chi connectivity index (χ0n) is 9.87. The van der Waals surface area contributed by atoms with E-state index in [1.54, 1.807) is 21.3 Å². The molecule has 0 aliphatic heterocycles. The van der Waals surface area contributed by atoms with Crippen LogP contribution < -0.4 is 25.5 Å². The first-order valence-electron chi connectivity index (χ1n) is 4.99. The zero-order valence-corrected chi connectivity index (χ0v) is 9.87. The molecule has 0 aromatic heterocycles.